The van der Waals surface area contributed by atoms with Gasteiger partial charge in [-0.15, -0.1) is 0 Å². The number of nitrogens with two attached hydrogens (primary N) is 1. The Hall–Kier alpha value is -1.55. The quantitative estimate of drug-likeness (QED) is 0.625. The molecule has 3 N–H and O–H groups in total. The first-order chi connectivity index (χ1) is 10.6. The lowest BCUT2D eigenvalue weighted by molar-refractivity contribution is 0.0161. The van der Waals surface area contributed by atoms with Crippen LogP contribution in [-0.2, 0) is 4.74 Å². The summed E-state index contributed by atoms with van der Waals surface area (Å²) < 4.78 is 5.70. The van der Waals surface area contributed by atoms with Gasteiger partial charge in [0.25, 0.3) is 0 Å². The fourth-order valence-electron chi connectivity index (χ4n) is 3.37. The third-order valence-corrected chi connectivity index (χ3v) is 4.54. The van der Waals surface area contributed by atoms with Gasteiger partial charge in [-0.25, -0.2) is 4.79 Å². The zero-order valence-corrected chi connectivity index (χ0v) is 13.7. The molecule has 0 amide bonds. The van der Waals surface area contributed by atoms with Crippen LogP contribution in [-0.4, -0.2) is 24.7 Å². The molecule has 4 nitrogen and oxygen atoms in total. The molecule has 1 fully saturated rings. The number of ether oxygens (including phenoxy) is 1. The number of likely N-dealkylation sites (N-methyl/N-ethyl adjacent to an activating group) is 1. The number of esters is 1. The molecule has 0 aromatic heterocycles. The SMILES string of the molecule is CCN[C@H](C1CCCCC1)[C@@H](C)OC(=O)c1ccc(N)cc1. The minimum atomic E-state index is -0.272. The largest absolute Gasteiger partial charge is 0.457 e. The Morgan fingerprint density at radius 3 is 2.50 bits per heavy atom. The fourth-order valence-corrected chi connectivity index (χ4v) is 3.37. The predicted molar refractivity (Wildman–Crippen MR) is 89.8 cm³/mol. The summed E-state index contributed by atoms with van der Waals surface area (Å²) in [6.45, 7) is 4.99. The monoisotopic (exact) mass is 304 g/mol. The lowest BCUT2D eigenvalue weighted by atomic mass is 9.82. The highest BCUT2D eigenvalue weighted by atomic mass is 16.5. The van der Waals surface area contributed by atoms with Crippen molar-refractivity contribution in [1.82, 2.24) is 5.32 Å². The normalized spacial score (nSPS) is 18.6. The van der Waals surface area contributed by atoms with Gasteiger partial charge in [-0.2, -0.15) is 0 Å². The summed E-state index contributed by atoms with van der Waals surface area (Å²) in [5, 5.41) is 3.52. The van der Waals surface area contributed by atoms with Gasteiger partial charge >= 0.3 is 5.97 Å². The van der Waals surface area contributed by atoms with E-state index in [4.69, 9.17) is 10.5 Å². The molecule has 1 aliphatic carbocycles. The van der Waals surface area contributed by atoms with Crippen molar-refractivity contribution in [3.63, 3.8) is 0 Å². The highest BCUT2D eigenvalue weighted by Crippen LogP contribution is 2.28. The van der Waals surface area contributed by atoms with E-state index in [-0.39, 0.29) is 18.1 Å². The Morgan fingerprint density at radius 1 is 1.27 bits per heavy atom. The summed E-state index contributed by atoms with van der Waals surface area (Å²) >= 11 is 0. The summed E-state index contributed by atoms with van der Waals surface area (Å²) in [6.07, 6.45) is 6.21. The van der Waals surface area contributed by atoms with Crippen LogP contribution in [0, 0.1) is 5.92 Å². The van der Waals surface area contributed by atoms with Crippen LogP contribution in [0.2, 0.25) is 0 Å². The highest BCUT2D eigenvalue weighted by Gasteiger charge is 2.29. The Morgan fingerprint density at radius 2 is 1.91 bits per heavy atom. The van der Waals surface area contributed by atoms with E-state index in [0.29, 0.717) is 17.2 Å². The van der Waals surface area contributed by atoms with Crippen molar-refractivity contribution in [1.29, 1.82) is 0 Å². The molecule has 22 heavy (non-hydrogen) atoms. The molecule has 1 aromatic rings. The van der Waals surface area contributed by atoms with Crippen molar-refractivity contribution in [2.24, 2.45) is 5.92 Å². The van der Waals surface area contributed by atoms with Gasteiger partial charge in [-0.3, -0.25) is 0 Å². The fraction of sp³-hybridized carbons (Fsp3) is 0.611. The molecule has 0 heterocycles. The van der Waals surface area contributed by atoms with Crippen LogP contribution in [0.3, 0.4) is 0 Å². The van der Waals surface area contributed by atoms with Crippen LogP contribution in [0.5, 0.6) is 0 Å². The number of benzene rings is 1. The van der Waals surface area contributed by atoms with Crippen molar-refractivity contribution < 1.29 is 9.53 Å². The van der Waals surface area contributed by atoms with Crippen molar-refractivity contribution in [2.45, 2.75) is 58.1 Å². The number of anilines is 1. The van der Waals surface area contributed by atoms with Gasteiger partial charge < -0.3 is 15.8 Å². The Balaban J connectivity index is 1.98. The van der Waals surface area contributed by atoms with E-state index in [1.807, 2.05) is 6.92 Å². The van der Waals surface area contributed by atoms with Gasteiger partial charge in [0.05, 0.1) is 5.56 Å². The molecule has 122 valence electrons. The van der Waals surface area contributed by atoms with Gasteiger partial charge in [0.15, 0.2) is 0 Å². The maximum atomic E-state index is 12.3. The molecule has 1 aliphatic rings. The van der Waals surface area contributed by atoms with E-state index >= 15 is 0 Å². The first-order valence-corrected chi connectivity index (χ1v) is 8.41. The standard InChI is InChI=1S/C18H28N2O2/c1-3-20-17(14-7-5-4-6-8-14)13(2)22-18(21)15-9-11-16(19)12-10-15/h9-14,17,20H,3-8,19H2,1-2H3/t13-,17+/m1/s1. The second-order valence-corrected chi connectivity index (χ2v) is 6.21. The second-order valence-electron chi connectivity index (χ2n) is 6.21. The van der Waals surface area contributed by atoms with Gasteiger partial charge in [-0.1, -0.05) is 26.2 Å². The molecule has 0 saturated heterocycles. The molecular weight excluding hydrogens is 276 g/mol. The molecule has 0 spiro atoms. The zero-order chi connectivity index (χ0) is 15.9. The minimum absolute atomic E-state index is 0.131. The second kappa shape index (κ2) is 8.18. The van der Waals surface area contributed by atoms with Crippen molar-refractivity contribution >= 4 is 11.7 Å². The van der Waals surface area contributed by atoms with Crippen LogP contribution in [0.15, 0.2) is 24.3 Å². The van der Waals surface area contributed by atoms with Gasteiger partial charge in [0.2, 0.25) is 0 Å². The van der Waals surface area contributed by atoms with Gasteiger partial charge in [-0.05, 0) is 56.5 Å². The molecular formula is C18H28N2O2. The Labute approximate surface area is 133 Å². The summed E-state index contributed by atoms with van der Waals surface area (Å²) in [5.74, 6) is 0.328. The number of carbonyl (C=O) groups excluding carboxylic acids is 1. The number of hydrogen-bond donors (Lipinski definition) is 2. The summed E-state index contributed by atoms with van der Waals surface area (Å²) in [4.78, 5) is 12.3. The first-order valence-electron chi connectivity index (χ1n) is 8.41. The zero-order valence-electron chi connectivity index (χ0n) is 13.7. The molecule has 0 radical (unpaired) electrons. The third-order valence-electron chi connectivity index (χ3n) is 4.54. The van der Waals surface area contributed by atoms with E-state index < -0.39 is 0 Å². The summed E-state index contributed by atoms with van der Waals surface area (Å²) in [6, 6.07) is 7.12. The molecule has 0 unspecified atom stereocenters. The third kappa shape index (κ3) is 4.47. The van der Waals surface area contributed by atoms with Crippen LogP contribution in [0.25, 0.3) is 0 Å². The Kier molecular flexibility index (Phi) is 6.25. The molecule has 2 rings (SSSR count). The summed E-state index contributed by atoms with van der Waals surface area (Å²) in [5.41, 5.74) is 6.86. The van der Waals surface area contributed by atoms with Crippen LogP contribution in [0.4, 0.5) is 5.69 Å². The smallest absolute Gasteiger partial charge is 0.338 e. The van der Waals surface area contributed by atoms with Gasteiger partial charge in [0, 0.05) is 11.7 Å². The van der Waals surface area contributed by atoms with Crippen molar-refractivity contribution in [3.05, 3.63) is 29.8 Å². The maximum Gasteiger partial charge on any atom is 0.338 e. The molecule has 0 bridgehead atoms. The van der Waals surface area contributed by atoms with Crippen LogP contribution >= 0.6 is 0 Å². The van der Waals surface area contributed by atoms with E-state index in [1.54, 1.807) is 24.3 Å². The predicted octanol–water partition coefficient (Wildman–Crippen LogP) is 3.37. The van der Waals surface area contributed by atoms with E-state index in [9.17, 15) is 4.79 Å². The van der Waals surface area contributed by atoms with E-state index in [1.165, 1.54) is 32.1 Å². The summed E-state index contributed by atoms with van der Waals surface area (Å²) in [7, 11) is 0. The highest BCUT2D eigenvalue weighted by molar-refractivity contribution is 5.89. The number of nitrogen functional groups attached to an aromatic ring is 1. The van der Waals surface area contributed by atoms with Crippen molar-refractivity contribution in [2.75, 3.05) is 12.3 Å². The van der Waals surface area contributed by atoms with Crippen molar-refractivity contribution in [3.8, 4) is 0 Å². The molecule has 0 aliphatic heterocycles. The molecule has 4 heteroatoms. The van der Waals surface area contributed by atoms with E-state index in [2.05, 4.69) is 12.2 Å². The van der Waals surface area contributed by atoms with E-state index in [0.717, 1.165) is 6.54 Å². The molecule has 1 aromatic carbocycles. The van der Waals surface area contributed by atoms with Crippen LogP contribution in [0.1, 0.15) is 56.3 Å². The average molecular weight is 304 g/mol. The van der Waals surface area contributed by atoms with Gasteiger partial charge in [0.1, 0.15) is 6.10 Å². The number of nitrogens with one attached hydrogen (secondary N) is 1. The maximum absolute atomic E-state index is 12.3. The van der Waals surface area contributed by atoms with Crippen LogP contribution < -0.4 is 11.1 Å². The molecule has 1 saturated carbocycles. The number of rotatable bonds is 6. The minimum Gasteiger partial charge on any atom is -0.457 e. The average Bonchev–Trinajstić information content (AvgIpc) is 2.53. The molecule has 2 atom stereocenters. The number of hydrogen-bond acceptors (Lipinski definition) is 4. The number of carbonyl (C=O) groups is 1. The topological polar surface area (TPSA) is 64.3 Å². The lowest BCUT2D eigenvalue weighted by Crippen LogP contribution is -2.46. The first kappa shape index (κ1) is 16.8. The lowest BCUT2D eigenvalue weighted by Gasteiger charge is -2.34. The Bertz CT molecular complexity index is 466.